The molecule has 0 bridgehead atoms. The molecular weight excluding hydrogens is 490 g/mol. The first-order valence-electron chi connectivity index (χ1n) is 11.5. The molecule has 3 aromatic carbocycles. The second kappa shape index (κ2) is 10.0. The highest BCUT2D eigenvalue weighted by atomic mass is 79.9. The molecule has 5 nitrogen and oxygen atoms in total. The Morgan fingerprint density at radius 1 is 0.765 bits per heavy atom. The van der Waals surface area contributed by atoms with Gasteiger partial charge in [0.2, 0.25) is 0 Å². The van der Waals surface area contributed by atoms with Gasteiger partial charge >= 0.3 is 0 Å². The molecule has 1 aliphatic rings. The van der Waals surface area contributed by atoms with E-state index in [0.717, 1.165) is 34.5 Å². The van der Waals surface area contributed by atoms with Crippen LogP contribution in [0.2, 0.25) is 0 Å². The van der Waals surface area contributed by atoms with E-state index in [1.54, 1.807) is 12.1 Å². The Bertz CT molecular complexity index is 1140. The number of hydrogen-bond acceptors (Lipinski definition) is 3. The maximum atomic E-state index is 13.0. The molecule has 176 valence electrons. The molecule has 3 aromatic rings. The van der Waals surface area contributed by atoms with E-state index in [1.165, 1.54) is 5.56 Å². The minimum atomic E-state index is -0.136. The van der Waals surface area contributed by atoms with Crippen molar-refractivity contribution in [1.29, 1.82) is 0 Å². The highest BCUT2D eigenvalue weighted by Gasteiger charge is 2.23. The van der Waals surface area contributed by atoms with Gasteiger partial charge in [0.25, 0.3) is 11.8 Å². The van der Waals surface area contributed by atoms with Gasteiger partial charge in [-0.05, 0) is 71.6 Å². The van der Waals surface area contributed by atoms with Gasteiger partial charge in [0.05, 0.1) is 0 Å². The van der Waals surface area contributed by atoms with Crippen LogP contribution in [0.4, 0.5) is 11.4 Å². The lowest BCUT2D eigenvalue weighted by Gasteiger charge is -2.36. The van der Waals surface area contributed by atoms with E-state index in [1.807, 2.05) is 53.4 Å². The molecule has 0 aromatic heterocycles. The second-order valence-electron chi connectivity index (χ2n) is 9.61. The molecule has 0 atom stereocenters. The van der Waals surface area contributed by atoms with Gasteiger partial charge in [-0.15, -0.1) is 0 Å². The molecule has 0 radical (unpaired) electrons. The molecule has 1 heterocycles. The van der Waals surface area contributed by atoms with Crippen LogP contribution in [0.3, 0.4) is 0 Å². The minimum Gasteiger partial charge on any atom is -0.368 e. The summed E-state index contributed by atoms with van der Waals surface area (Å²) >= 11 is 3.38. The van der Waals surface area contributed by atoms with Crippen molar-refractivity contribution < 1.29 is 9.59 Å². The van der Waals surface area contributed by atoms with E-state index < -0.39 is 0 Å². The number of carbonyl (C=O) groups excluding carboxylic acids is 2. The Kier molecular flexibility index (Phi) is 7.08. The van der Waals surface area contributed by atoms with Crippen LogP contribution in [-0.4, -0.2) is 42.9 Å². The van der Waals surface area contributed by atoms with Crippen molar-refractivity contribution in [3.63, 3.8) is 0 Å². The van der Waals surface area contributed by atoms with E-state index >= 15 is 0 Å². The van der Waals surface area contributed by atoms with Gasteiger partial charge in [0.15, 0.2) is 0 Å². The molecular formula is C28H30BrN3O2. The van der Waals surface area contributed by atoms with Crippen LogP contribution in [0.15, 0.2) is 77.3 Å². The SMILES string of the molecule is CC(C)(C)c1ccc(C(=O)N2CCN(c3ccc(NC(=O)c4ccc(Br)cc4)cc3)CC2)cc1. The van der Waals surface area contributed by atoms with Crippen molar-refractivity contribution in [2.45, 2.75) is 26.2 Å². The number of hydrogen-bond donors (Lipinski definition) is 1. The normalized spacial score (nSPS) is 14.1. The first-order chi connectivity index (χ1) is 16.2. The highest BCUT2D eigenvalue weighted by Crippen LogP contribution is 2.24. The van der Waals surface area contributed by atoms with Crippen LogP contribution in [0.5, 0.6) is 0 Å². The Balaban J connectivity index is 1.32. The number of halogens is 1. The number of amides is 2. The first kappa shape index (κ1) is 24.0. The van der Waals surface area contributed by atoms with E-state index in [-0.39, 0.29) is 17.2 Å². The number of nitrogens with zero attached hydrogens (tertiary/aromatic N) is 2. The zero-order valence-corrected chi connectivity index (χ0v) is 21.4. The molecule has 1 N–H and O–H groups in total. The maximum absolute atomic E-state index is 13.0. The van der Waals surface area contributed by atoms with Crippen LogP contribution in [0, 0.1) is 0 Å². The third kappa shape index (κ3) is 5.68. The lowest BCUT2D eigenvalue weighted by molar-refractivity contribution is 0.0746. The number of carbonyl (C=O) groups is 2. The summed E-state index contributed by atoms with van der Waals surface area (Å²) in [5.74, 6) is -0.0472. The van der Waals surface area contributed by atoms with Crippen LogP contribution < -0.4 is 10.2 Å². The van der Waals surface area contributed by atoms with Gasteiger partial charge in [0, 0.05) is 53.2 Å². The lowest BCUT2D eigenvalue weighted by atomic mass is 9.86. The quantitative estimate of drug-likeness (QED) is 0.462. The summed E-state index contributed by atoms with van der Waals surface area (Å²) in [5.41, 5.74) is 4.50. The van der Waals surface area contributed by atoms with Crippen LogP contribution >= 0.6 is 15.9 Å². The van der Waals surface area contributed by atoms with Crippen molar-refractivity contribution in [2.75, 3.05) is 36.4 Å². The largest absolute Gasteiger partial charge is 0.368 e. The van der Waals surface area contributed by atoms with Crippen molar-refractivity contribution in [3.8, 4) is 0 Å². The molecule has 0 aliphatic carbocycles. The smallest absolute Gasteiger partial charge is 0.255 e. The van der Waals surface area contributed by atoms with Gasteiger partial charge in [-0.1, -0.05) is 48.8 Å². The predicted molar refractivity (Wildman–Crippen MR) is 142 cm³/mol. The third-order valence-electron chi connectivity index (χ3n) is 6.16. The second-order valence-corrected chi connectivity index (χ2v) is 10.5. The summed E-state index contributed by atoms with van der Waals surface area (Å²) in [7, 11) is 0. The van der Waals surface area contributed by atoms with Gasteiger partial charge in [-0.3, -0.25) is 9.59 Å². The Hall–Kier alpha value is -3.12. The Morgan fingerprint density at radius 2 is 1.32 bits per heavy atom. The highest BCUT2D eigenvalue weighted by molar-refractivity contribution is 9.10. The van der Waals surface area contributed by atoms with Gasteiger partial charge in [0.1, 0.15) is 0 Å². The van der Waals surface area contributed by atoms with Crippen molar-refractivity contribution >= 4 is 39.1 Å². The number of nitrogens with one attached hydrogen (secondary N) is 1. The molecule has 0 spiro atoms. The molecule has 1 saturated heterocycles. The van der Waals surface area contributed by atoms with Crippen molar-refractivity contribution in [3.05, 3.63) is 94.0 Å². The summed E-state index contributed by atoms with van der Waals surface area (Å²) in [6.45, 7) is 9.43. The molecule has 4 rings (SSSR count). The Morgan fingerprint density at radius 3 is 1.88 bits per heavy atom. The zero-order valence-electron chi connectivity index (χ0n) is 19.8. The summed E-state index contributed by atoms with van der Waals surface area (Å²) < 4.78 is 0.939. The summed E-state index contributed by atoms with van der Waals surface area (Å²) in [4.78, 5) is 29.6. The molecule has 34 heavy (non-hydrogen) atoms. The van der Waals surface area contributed by atoms with Gasteiger partial charge in [-0.2, -0.15) is 0 Å². The fourth-order valence-corrected chi connectivity index (χ4v) is 4.29. The van der Waals surface area contributed by atoms with E-state index in [2.05, 4.69) is 59.1 Å². The number of piperazine rings is 1. The van der Waals surface area contributed by atoms with Crippen LogP contribution in [0.1, 0.15) is 47.1 Å². The monoisotopic (exact) mass is 519 g/mol. The zero-order chi connectivity index (χ0) is 24.3. The fraction of sp³-hybridized carbons (Fsp3) is 0.286. The number of benzene rings is 3. The summed E-state index contributed by atoms with van der Waals surface area (Å²) in [6.07, 6.45) is 0. The van der Waals surface area contributed by atoms with Crippen molar-refractivity contribution in [2.24, 2.45) is 0 Å². The lowest BCUT2D eigenvalue weighted by Crippen LogP contribution is -2.48. The van der Waals surface area contributed by atoms with Gasteiger partial charge < -0.3 is 15.1 Å². The van der Waals surface area contributed by atoms with Crippen LogP contribution in [-0.2, 0) is 5.41 Å². The molecule has 0 unspecified atom stereocenters. The number of rotatable bonds is 4. The standard InChI is InChI=1S/C28H30BrN3O2/c1-28(2,3)22-8-4-21(5-9-22)27(34)32-18-16-31(17-19-32)25-14-12-24(13-15-25)30-26(33)20-6-10-23(29)11-7-20/h4-15H,16-19H2,1-3H3,(H,30,33). The number of anilines is 2. The summed E-state index contributed by atoms with van der Waals surface area (Å²) in [5, 5.41) is 2.94. The predicted octanol–water partition coefficient (Wildman–Crippen LogP) is 5.96. The van der Waals surface area contributed by atoms with Gasteiger partial charge in [-0.25, -0.2) is 0 Å². The third-order valence-corrected chi connectivity index (χ3v) is 6.69. The van der Waals surface area contributed by atoms with E-state index in [0.29, 0.717) is 18.7 Å². The average Bonchev–Trinajstić information content (AvgIpc) is 2.84. The fourth-order valence-electron chi connectivity index (χ4n) is 4.02. The minimum absolute atomic E-state index is 0.0739. The summed E-state index contributed by atoms with van der Waals surface area (Å²) in [6, 6.07) is 23.1. The molecule has 6 heteroatoms. The molecule has 1 aliphatic heterocycles. The first-order valence-corrected chi connectivity index (χ1v) is 12.3. The van der Waals surface area contributed by atoms with Crippen LogP contribution in [0.25, 0.3) is 0 Å². The molecule has 2 amide bonds. The average molecular weight is 520 g/mol. The maximum Gasteiger partial charge on any atom is 0.255 e. The van der Waals surface area contributed by atoms with E-state index in [9.17, 15) is 9.59 Å². The van der Waals surface area contributed by atoms with Crippen molar-refractivity contribution in [1.82, 2.24) is 4.90 Å². The topological polar surface area (TPSA) is 52.7 Å². The van der Waals surface area contributed by atoms with E-state index in [4.69, 9.17) is 0 Å². The molecule has 1 fully saturated rings. The molecule has 0 saturated carbocycles. The Labute approximate surface area is 209 Å².